The van der Waals surface area contributed by atoms with E-state index in [0.29, 0.717) is 6.61 Å². The summed E-state index contributed by atoms with van der Waals surface area (Å²) < 4.78 is 5.92. The number of esters is 1. The molecule has 1 rings (SSSR count). The van der Waals surface area contributed by atoms with Crippen LogP contribution in [-0.4, -0.2) is 22.4 Å². The third-order valence-corrected chi connectivity index (χ3v) is 1.96. The van der Waals surface area contributed by atoms with E-state index in [1.807, 2.05) is 0 Å². The van der Waals surface area contributed by atoms with Crippen molar-refractivity contribution in [2.45, 2.75) is 26.8 Å². The lowest BCUT2D eigenvalue weighted by molar-refractivity contribution is -0.147. The van der Waals surface area contributed by atoms with E-state index < -0.39 is 12.0 Å². The quantitative estimate of drug-likeness (QED) is 0.688. The van der Waals surface area contributed by atoms with Gasteiger partial charge in [0.25, 0.3) is 5.56 Å². The average Bonchev–Trinajstić information content (AvgIpc) is 2.17. The monoisotopic (exact) mass is 210 g/mol. The van der Waals surface area contributed by atoms with Gasteiger partial charge in [-0.15, -0.1) is 0 Å². The minimum Gasteiger partial charge on any atom is -0.464 e. The third-order valence-electron chi connectivity index (χ3n) is 1.96. The number of nitrogens with zero attached hydrogens (tertiary/aromatic N) is 2. The number of hydrogen-bond donors (Lipinski definition) is 0. The Hall–Kier alpha value is -1.65. The van der Waals surface area contributed by atoms with Crippen LogP contribution in [0.15, 0.2) is 17.1 Å². The van der Waals surface area contributed by atoms with Gasteiger partial charge in [-0.2, -0.15) is 5.10 Å². The van der Waals surface area contributed by atoms with Crippen LogP contribution in [0.1, 0.15) is 25.5 Å². The van der Waals surface area contributed by atoms with Gasteiger partial charge in [0.15, 0.2) is 6.04 Å². The Labute approximate surface area is 87.7 Å². The molecule has 0 fully saturated rings. The zero-order valence-corrected chi connectivity index (χ0v) is 9.06. The van der Waals surface area contributed by atoms with Crippen LogP contribution in [0.25, 0.3) is 0 Å². The van der Waals surface area contributed by atoms with Crippen LogP contribution in [-0.2, 0) is 9.53 Å². The van der Waals surface area contributed by atoms with Crippen molar-refractivity contribution in [3.8, 4) is 0 Å². The predicted octanol–water partition coefficient (Wildman–Crippen LogP) is 0.676. The highest BCUT2D eigenvalue weighted by molar-refractivity contribution is 5.73. The number of carbonyl (C=O) groups excluding carboxylic acids is 1. The Morgan fingerprint density at radius 3 is 2.87 bits per heavy atom. The minimum absolute atomic E-state index is 0.295. The van der Waals surface area contributed by atoms with E-state index in [1.165, 1.54) is 12.3 Å². The molecule has 0 unspecified atom stereocenters. The summed E-state index contributed by atoms with van der Waals surface area (Å²) in [6, 6.07) is 0.751. The zero-order valence-electron chi connectivity index (χ0n) is 9.06. The van der Waals surface area contributed by atoms with Crippen LogP contribution in [0, 0.1) is 6.92 Å². The minimum atomic E-state index is -0.682. The average molecular weight is 210 g/mol. The van der Waals surface area contributed by atoms with Crippen molar-refractivity contribution in [2.24, 2.45) is 0 Å². The molecule has 0 saturated carbocycles. The molecule has 0 aliphatic heterocycles. The van der Waals surface area contributed by atoms with Crippen LogP contribution in [0.3, 0.4) is 0 Å². The zero-order chi connectivity index (χ0) is 11.4. The topological polar surface area (TPSA) is 61.2 Å². The molecule has 0 aromatic carbocycles. The summed E-state index contributed by atoms with van der Waals surface area (Å²) in [4.78, 5) is 22.8. The molecule has 82 valence electrons. The van der Waals surface area contributed by atoms with Crippen molar-refractivity contribution >= 4 is 5.97 Å². The molecule has 1 heterocycles. The van der Waals surface area contributed by atoms with E-state index in [0.717, 1.165) is 10.2 Å². The van der Waals surface area contributed by atoms with Gasteiger partial charge in [0.05, 0.1) is 12.8 Å². The van der Waals surface area contributed by atoms with Crippen molar-refractivity contribution in [2.75, 3.05) is 6.61 Å². The number of aromatic nitrogens is 2. The highest BCUT2D eigenvalue weighted by Crippen LogP contribution is 2.02. The molecule has 5 heteroatoms. The first-order chi connectivity index (χ1) is 7.06. The van der Waals surface area contributed by atoms with Gasteiger partial charge in [-0.25, -0.2) is 9.48 Å². The number of ether oxygens (including phenoxy) is 1. The number of hydrogen-bond acceptors (Lipinski definition) is 4. The van der Waals surface area contributed by atoms with E-state index in [9.17, 15) is 9.59 Å². The standard InChI is InChI=1S/C10H14N2O3/c1-4-15-10(14)8(3)12-9(13)5-7(2)6-11-12/h5-6,8H,4H2,1-3H3/t8-/m0/s1. The molecule has 15 heavy (non-hydrogen) atoms. The number of rotatable bonds is 3. The molecular weight excluding hydrogens is 196 g/mol. The largest absolute Gasteiger partial charge is 0.464 e. The molecule has 0 aliphatic rings. The molecule has 0 spiro atoms. The first-order valence-electron chi connectivity index (χ1n) is 4.78. The molecule has 0 saturated heterocycles. The van der Waals surface area contributed by atoms with Gasteiger partial charge in [-0.05, 0) is 26.3 Å². The fourth-order valence-electron chi connectivity index (χ4n) is 1.16. The Balaban J connectivity index is 2.96. The molecule has 0 bridgehead atoms. The smallest absolute Gasteiger partial charge is 0.330 e. The van der Waals surface area contributed by atoms with Crippen molar-refractivity contribution in [3.05, 3.63) is 28.2 Å². The highest BCUT2D eigenvalue weighted by atomic mass is 16.5. The molecular formula is C10H14N2O3. The Morgan fingerprint density at radius 2 is 2.33 bits per heavy atom. The van der Waals surface area contributed by atoms with Crippen molar-refractivity contribution in [1.82, 2.24) is 9.78 Å². The highest BCUT2D eigenvalue weighted by Gasteiger charge is 2.17. The van der Waals surface area contributed by atoms with Crippen LogP contribution in [0.2, 0.25) is 0 Å². The Morgan fingerprint density at radius 1 is 1.67 bits per heavy atom. The van der Waals surface area contributed by atoms with Gasteiger partial charge in [0, 0.05) is 6.07 Å². The van der Waals surface area contributed by atoms with Gasteiger partial charge >= 0.3 is 5.97 Å². The van der Waals surface area contributed by atoms with Crippen molar-refractivity contribution < 1.29 is 9.53 Å². The second kappa shape index (κ2) is 4.72. The third kappa shape index (κ3) is 2.65. The van der Waals surface area contributed by atoms with Gasteiger partial charge in [0.1, 0.15) is 0 Å². The fourth-order valence-corrected chi connectivity index (χ4v) is 1.16. The molecule has 0 radical (unpaired) electrons. The predicted molar refractivity (Wildman–Crippen MR) is 54.6 cm³/mol. The first kappa shape index (κ1) is 11.4. The lowest BCUT2D eigenvalue weighted by Crippen LogP contribution is -2.31. The van der Waals surface area contributed by atoms with Crippen LogP contribution < -0.4 is 5.56 Å². The fraction of sp³-hybridized carbons (Fsp3) is 0.500. The summed E-state index contributed by atoms with van der Waals surface area (Å²) in [6.07, 6.45) is 1.54. The van der Waals surface area contributed by atoms with Gasteiger partial charge in [-0.3, -0.25) is 4.79 Å². The van der Waals surface area contributed by atoms with Crippen LogP contribution in [0.4, 0.5) is 0 Å². The van der Waals surface area contributed by atoms with Crippen LogP contribution in [0.5, 0.6) is 0 Å². The summed E-state index contributed by atoms with van der Waals surface area (Å²) in [5.74, 6) is -0.448. The van der Waals surface area contributed by atoms with E-state index in [-0.39, 0.29) is 5.56 Å². The second-order valence-electron chi connectivity index (χ2n) is 3.24. The van der Waals surface area contributed by atoms with Gasteiger partial charge < -0.3 is 4.74 Å². The lowest BCUT2D eigenvalue weighted by Gasteiger charge is -2.11. The summed E-state index contributed by atoms with van der Waals surface area (Å²) in [5.41, 5.74) is 0.475. The van der Waals surface area contributed by atoms with Gasteiger partial charge in [0.2, 0.25) is 0 Å². The first-order valence-corrected chi connectivity index (χ1v) is 4.78. The summed E-state index contributed by atoms with van der Waals surface area (Å²) >= 11 is 0. The maximum absolute atomic E-state index is 11.5. The summed E-state index contributed by atoms with van der Waals surface area (Å²) in [6.45, 7) is 5.37. The van der Waals surface area contributed by atoms with E-state index in [4.69, 9.17) is 4.74 Å². The molecule has 0 amide bonds. The molecule has 5 nitrogen and oxygen atoms in total. The van der Waals surface area contributed by atoms with Gasteiger partial charge in [-0.1, -0.05) is 0 Å². The SMILES string of the molecule is CCOC(=O)[C@H](C)n1ncc(C)cc1=O. The number of carbonyl (C=O) groups is 1. The maximum Gasteiger partial charge on any atom is 0.330 e. The van der Waals surface area contributed by atoms with E-state index >= 15 is 0 Å². The van der Waals surface area contributed by atoms with Crippen molar-refractivity contribution in [1.29, 1.82) is 0 Å². The second-order valence-corrected chi connectivity index (χ2v) is 3.24. The molecule has 0 aliphatic carbocycles. The lowest BCUT2D eigenvalue weighted by atomic mass is 10.3. The Kier molecular flexibility index (Phi) is 3.60. The summed E-state index contributed by atoms with van der Waals surface area (Å²) in [7, 11) is 0. The summed E-state index contributed by atoms with van der Waals surface area (Å²) in [5, 5.41) is 3.88. The molecule has 1 atom stereocenters. The molecule has 0 N–H and O–H groups in total. The maximum atomic E-state index is 11.5. The molecule has 1 aromatic heterocycles. The Bertz CT molecular complexity index is 411. The van der Waals surface area contributed by atoms with E-state index in [2.05, 4.69) is 5.10 Å². The number of aryl methyl sites for hydroxylation is 1. The van der Waals surface area contributed by atoms with Crippen molar-refractivity contribution in [3.63, 3.8) is 0 Å². The molecule has 1 aromatic rings. The van der Waals surface area contributed by atoms with E-state index in [1.54, 1.807) is 20.8 Å². The normalized spacial score (nSPS) is 12.2. The van der Waals surface area contributed by atoms with Crippen LogP contribution >= 0.6 is 0 Å².